The lowest BCUT2D eigenvalue weighted by atomic mass is 9.97. The third kappa shape index (κ3) is 5.69. The first-order valence-corrected chi connectivity index (χ1v) is 7.40. The van der Waals surface area contributed by atoms with Gasteiger partial charge in [0.05, 0.1) is 0 Å². The van der Waals surface area contributed by atoms with Gasteiger partial charge < -0.3 is 5.32 Å². The van der Waals surface area contributed by atoms with Crippen molar-refractivity contribution in [2.45, 2.75) is 46.1 Å². The summed E-state index contributed by atoms with van der Waals surface area (Å²) in [6.45, 7) is 7.85. The van der Waals surface area contributed by atoms with Crippen molar-refractivity contribution in [3.63, 3.8) is 0 Å². The van der Waals surface area contributed by atoms with Crippen LogP contribution in [-0.4, -0.2) is 12.6 Å². The molecule has 1 unspecified atom stereocenters. The Kier molecular flexibility index (Phi) is 6.83. The first-order chi connectivity index (χ1) is 8.13. The van der Waals surface area contributed by atoms with Crippen molar-refractivity contribution in [3.8, 4) is 0 Å². The van der Waals surface area contributed by atoms with E-state index in [-0.39, 0.29) is 0 Å². The zero-order valence-electron chi connectivity index (χ0n) is 11.2. The second-order valence-corrected chi connectivity index (χ2v) is 5.85. The van der Waals surface area contributed by atoms with E-state index in [9.17, 15) is 0 Å². The maximum Gasteiger partial charge on any atom is 0.0177 e. The predicted molar refractivity (Wildman–Crippen MR) is 79.4 cm³/mol. The smallest absolute Gasteiger partial charge is 0.0177 e. The molecule has 0 fully saturated rings. The van der Waals surface area contributed by atoms with Crippen molar-refractivity contribution in [1.82, 2.24) is 5.32 Å². The number of hydrogen-bond acceptors (Lipinski definition) is 1. The highest BCUT2D eigenvalue weighted by Gasteiger charge is 2.11. The van der Waals surface area contributed by atoms with Crippen LogP contribution in [-0.2, 0) is 6.42 Å². The minimum Gasteiger partial charge on any atom is -0.314 e. The molecule has 1 rings (SSSR count). The average Bonchev–Trinajstić information content (AvgIpc) is 2.28. The number of hydrogen-bond donors (Lipinski definition) is 1. The lowest BCUT2D eigenvalue weighted by Crippen LogP contribution is -2.33. The minimum absolute atomic E-state index is 0.659. The van der Waals surface area contributed by atoms with Crippen LogP contribution in [0.2, 0.25) is 0 Å². The quantitative estimate of drug-likeness (QED) is 0.786. The van der Waals surface area contributed by atoms with Crippen molar-refractivity contribution < 1.29 is 0 Å². The molecule has 0 heterocycles. The Morgan fingerprint density at radius 3 is 2.65 bits per heavy atom. The maximum atomic E-state index is 3.57. The second-order valence-electron chi connectivity index (χ2n) is 4.93. The fourth-order valence-electron chi connectivity index (χ4n) is 2.15. The summed E-state index contributed by atoms with van der Waals surface area (Å²) >= 11 is 3.52. The molecule has 1 atom stereocenters. The molecule has 0 saturated heterocycles. The SMILES string of the molecule is CCNC(CCCc1cccc(Br)c1)C(C)C. The van der Waals surface area contributed by atoms with Crippen molar-refractivity contribution in [2.24, 2.45) is 5.92 Å². The molecule has 1 aromatic carbocycles. The highest BCUT2D eigenvalue weighted by Crippen LogP contribution is 2.15. The summed E-state index contributed by atoms with van der Waals surface area (Å²) in [4.78, 5) is 0. The molecule has 2 heteroatoms. The van der Waals surface area contributed by atoms with Gasteiger partial charge in [-0.05, 0) is 49.4 Å². The van der Waals surface area contributed by atoms with E-state index in [2.05, 4.69) is 66.3 Å². The van der Waals surface area contributed by atoms with E-state index in [0.717, 1.165) is 12.5 Å². The van der Waals surface area contributed by atoms with Crippen molar-refractivity contribution >= 4 is 15.9 Å². The standard InChI is InChI=1S/C15H24BrN/c1-4-17-15(12(2)3)10-6-8-13-7-5-9-14(16)11-13/h5,7,9,11-12,15,17H,4,6,8,10H2,1-3H3. The van der Waals surface area contributed by atoms with Gasteiger partial charge in [-0.1, -0.05) is 48.8 Å². The van der Waals surface area contributed by atoms with Crippen LogP contribution in [0.15, 0.2) is 28.7 Å². The Hall–Kier alpha value is -0.340. The van der Waals surface area contributed by atoms with E-state index in [0.29, 0.717) is 6.04 Å². The largest absolute Gasteiger partial charge is 0.314 e. The summed E-state index contributed by atoms with van der Waals surface area (Å²) in [5.41, 5.74) is 1.43. The fraction of sp³-hybridized carbons (Fsp3) is 0.600. The van der Waals surface area contributed by atoms with Gasteiger partial charge in [0.2, 0.25) is 0 Å². The first-order valence-electron chi connectivity index (χ1n) is 6.61. The topological polar surface area (TPSA) is 12.0 Å². The lowest BCUT2D eigenvalue weighted by Gasteiger charge is -2.21. The molecule has 0 amide bonds. The third-order valence-electron chi connectivity index (χ3n) is 3.14. The molecule has 0 aliphatic rings. The van der Waals surface area contributed by atoms with Gasteiger partial charge in [-0.2, -0.15) is 0 Å². The zero-order chi connectivity index (χ0) is 12.7. The number of rotatable bonds is 7. The summed E-state index contributed by atoms with van der Waals surface area (Å²) in [7, 11) is 0. The molecular weight excluding hydrogens is 274 g/mol. The number of nitrogens with one attached hydrogen (secondary N) is 1. The van der Waals surface area contributed by atoms with Crippen LogP contribution in [0, 0.1) is 5.92 Å². The third-order valence-corrected chi connectivity index (χ3v) is 3.63. The Morgan fingerprint density at radius 2 is 2.06 bits per heavy atom. The molecule has 17 heavy (non-hydrogen) atoms. The van der Waals surface area contributed by atoms with Gasteiger partial charge in [-0.25, -0.2) is 0 Å². The van der Waals surface area contributed by atoms with E-state index >= 15 is 0 Å². The first kappa shape index (κ1) is 14.7. The highest BCUT2D eigenvalue weighted by molar-refractivity contribution is 9.10. The average molecular weight is 298 g/mol. The van der Waals surface area contributed by atoms with Crippen molar-refractivity contribution in [3.05, 3.63) is 34.3 Å². The summed E-state index contributed by atoms with van der Waals surface area (Å²) < 4.78 is 1.18. The summed E-state index contributed by atoms with van der Waals surface area (Å²) in [6, 6.07) is 9.29. The second kappa shape index (κ2) is 7.88. The van der Waals surface area contributed by atoms with Gasteiger partial charge in [0, 0.05) is 10.5 Å². The van der Waals surface area contributed by atoms with Crippen molar-refractivity contribution in [2.75, 3.05) is 6.54 Å². The fourth-order valence-corrected chi connectivity index (χ4v) is 2.60. The molecule has 0 radical (unpaired) electrons. The monoisotopic (exact) mass is 297 g/mol. The van der Waals surface area contributed by atoms with Crippen LogP contribution < -0.4 is 5.32 Å². The molecule has 96 valence electrons. The molecule has 1 N–H and O–H groups in total. The van der Waals surface area contributed by atoms with E-state index in [1.807, 2.05) is 0 Å². The van der Waals surface area contributed by atoms with Crippen LogP contribution in [0.5, 0.6) is 0 Å². The van der Waals surface area contributed by atoms with Crippen LogP contribution in [0.4, 0.5) is 0 Å². The molecule has 0 saturated carbocycles. The maximum absolute atomic E-state index is 3.57. The lowest BCUT2D eigenvalue weighted by molar-refractivity contribution is 0.377. The van der Waals surface area contributed by atoms with Crippen LogP contribution in [0.3, 0.4) is 0 Å². The normalized spacial score (nSPS) is 13.0. The predicted octanol–water partition coefficient (Wildman–Crippen LogP) is 4.41. The molecule has 0 aliphatic heterocycles. The Balaban J connectivity index is 2.35. The number of benzene rings is 1. The Labute approximate surface area is 114 Å². The Morgan fingerprint density at radius 1 is 1.29 bits per heavy atom. The van der Waals surface area contributed by atoms with Gasteiger partial charge in [-0.15, -0.1) is 0 Å². The molecule has 1 aromatic rings. The molecular formula is C15H24BrN. The van der Waals surface area contributed by atoms with Gasteiger partial charge in [0.1, 0.15) is 0 Å². The van der Waals surface area contributed by atoms with Gasteiger partial charge in [0.15, 0.2) is 0 Å². The van der Waals surface area contributed by atoms with Crippen LogP contribution in [0.1, 0.15) is 39.2 Å². The Bertz CT molecular complexity index is 322. The molecule has 1 nitrogen and oxygen atoms in total. The molecule has 0 aromatic heterocycles. The number of halogens is 1. The molecule has 0 bridgehead atoms. The van der Waals surface area contributed by atoms with E-state index < -0.39 is 0 Å². The van der Waals surface area contributed by atoms with E-state index in [1.54, 1.807) is 0 Å². The number of aryl methyl sites for hydroxylation is 1. The zero-order valence-corrected chi connectivity index (χ0v) is 12.8. The summed E-state index contributed by atoms with van der Waals surface area (Å²) in [5, 5.41) is 3.57. The molecule has 0 aliphatic carbocycles. The van der Waals surface area contributed by atoms with Crippen LogP contribution >= 0.6 is 15.9 Å². The van der Waals surface area contributed by atoms with Crippen molar-refractivity contribution in [1.29, 1.82) is 0 Å². The summed E-state index contributed by atoms with van der Waals surface area (Å²) in [5.74, 6) is 0.720. The van der Waals surface area contributed by atoms with E-state index in [4.69, 9.17) is 0 Å². The van der Waals surface area contributed by atoms with E-state index in [1.165, 1.54) is 29.3 Å². The van der Waals surface area contributed by atoms with Crippen LogP contribution in [0.25, 0.3) is 0 Å². The minimum atomic E-state index is 0.659. The van der Waals surface area contributed by atoms with Gasteiger partial charge >= 0.3 is 0 Å². The molecule has 0 spiro atoms. The highest BCUT2D eigenvalue weighted by atomic mass is 79.9. The van der Waals surface area contributed by atoms with Gasteiger partial charge in [0.25, 0.3) is 0 Å². The van der Waals surface area contributed by atoms with Gasteiger partial charge in [-0.3, -0.25) is 0 Å². The summed E-state index contributed by atoms with van der Waals surface area (Å²) in [6.07, 6.45) is 3.69.